The number of fused-ring (bicyclic) bond motifs is 12. The van der Waals surface area contributed by atoms with Gasteiger partial charge < -0.3 is 9.13 Å². The highest BCUT2D eigenvalue weighted by Gasteiger charge is 2.37. The summed E-state index contributed by atoms with van der Waals surface area (Å²) in [6.45, 7) is 14.2. The van der Waals surface area contributed by atoms with E-state index in [1.807, 2.05) is 0 Å². The molecule has 0 atom stereocenters. The predicted octanol–water partition coefficient (Wildman–Crippen LogP) is 17.6. The second-order valence-corrected chi connectivity index (χ2v) is 20.5. The number of para-hydroxylation sites is 2. The molecule has 68 heavy (non-hydrogen) atoms. The molecule has 2 heteroatoms. The quantitative estimate of drug-likeness (QED) is 0.156. The summed E-state index contributed by atoms with van der Waals surface area (Å²) in [6, 6.07) is 73.5. The van der Waals surface area contributed by atoms with E-state index in [0.717, 1.165) is 0 Å². The second-order valence-electron chi connectivity index (χ2n) is 20.5. The Morgan fingerprint density at radius 2 is 0.809 bits per heavy atom. The van der Waals surface area contributed by atoms with E-state index in [2.05, 4.69) is 245 Å². The number of aryl methyl sites for hydroxylation is 1. The SMILES string of the molecule is Cc1c(C)n(-c2ccc3c(c2)c2ccccc2n3-c2ccccc2)c2cc3c(-c4ccc5c(c4)C(C)(C)c4ccccc4-5)c4ccccc4c(-c4ccc5c(c4)C(C)(C)c4ccccc4-5)c3cc12. The molecule has 0 spiro atoms. The van der Waals surface area contributed by atoms with Gasteiger partial charge in [-0.05, 0) is 168 Å². The highest BCUT2D eigenvalue weighted by atomic mass is 15.0. The van der Waals surface area contributed by atoms with Crippen LogP contribution in [0.2, 0.25) is 0 Å². The average Bonchev–Trinajstić information content (AvgIpc) is 3.99. The maximum Gasteiger partial charge on any atom is 0.0542 e. The van der Waals surface area contributed by atoms with Crippen molar-refractivity contribution in [2.75, 3.05) is 0 Å². The van der Waals surface area contributed by atoms with Gasteiger partial charge in [-0.15, -0.1) is 0 Å². The minimum Gasteiger partial charge on any atom is -0.314 e. The van der Waals surface area contributed by atoms with Gasteiger partial charge in [0.1, 0.15) is 0 Å². The first-order valence-corrected chi connectivity index (χ1v) is 24.2. The summed E-state index contributed by atoms with van der Waals surface area (Å²) in [5.74, 6) is 0. The summed E-state index contributed by atoms with van der Waals surface area (Å²) in [6.07, 6.45) is 0. The fourth-order valence-electron chi connectivity index (χ4n) is 12.9. The number of aromatic nitrogens is 2. The van der Waals surface area contributed by atoms with Gasteiger partial charge in [0.15, 0.2) is 0 Å². The first-order chi connectivity index (χ1) is 33.1. The Morgan fingerprint density at radius 3 is 1.43 bits per heavy atom. The lowest BCUT2D eigenvalue weighted by atomic mass is 9.79. The van der Waals surface area contributed by atoms with Crippen molar-refractivity contribution in [3.8, 4) is 55.9 Å². The molecule has 12 aromatic rings. The summed E-state index contributed by atoms with van der Waals surface area (Å²) in [5, 5.41) is 8.88. The normalized spacial score (nSPS) is 14.3. The third kappa shape index (κ3) is 5.18. The Morgan fingerprint density at radius 1 is 0.309 bits per heavy atom. The molecule has 2 aromatic heterocycles. The summed E-state index contributed by atoms with van der Waals surface area (Å²) in [7, 11) is 0. The van der Waals surface area contributed by atoms with Crippen LogP contribution in [0.15, 0.2) is 194 Å². The molecule has 0 unspecified atom stereocenters. The van der Waals surface area contributed by atoms with Crippen molar-refractivity contribution >= 4 is 54.3 Å². The minimum atomic E-state index is -0.124. The molecule has 0 amide bonds. The smallest absolute Gasteiger partial charge is 0.0542 e. The molecule has 2 aliphatic rings. The van der Waals surface area contributed by atoms with E-state index in [9.17, 15) is 0 Å². The topological polar surface area (TPSA) is 9.86 Å². The van der Waals surface area contributed by atoms with Crippen LogP contribution in [-0.2, 0) is 10.8 Å². The van der Waals surface area contributed by atoms with Gasteiger partial charge in [0, 0.05) is 44.1 Å². The highest BCUT2D eigenvalue weighted by molar-refractivity contribution is 6.24. The largest absolute Gasteiger partial charge is 0.314 e. The number of hydrogen-bond acceptors (Lipinski definition) is 0. The van der Waals surface area contributed by atoms with Gasteiger partial charge in [-0.3, -0.25) is 0 Å². The molecular formula is C66H50N2. The summed E-state index contributed by atoms with van der Waals surface area (Å²) >= 11 is 0. The van der Waals surface area contributed by atoms with Crippen molar-refractivity contribution in [3.05, 3.63) is 228 Å². The fourth-order valence-corrected chi connectivity index (χ4v) is 12.9. The molecular weight excluding hydrogens is 821 g/mol. The molecule has 2 aliphatic carbocycles. The highest BCUT2D eigenvalue weighted by Crippen LogP contribution is 2.54. The molecule has 0 aliphatic heterocycles. The Bertz CT molecular complexity index is 4150. The second kappa shape index (κ2) is 13.8. The Kier molecular flexibility index (Phi) is 7.97. The van der Waals surface area contributed by atoms with Gasteiger partial charge in [0.2, 0.25) is 0 Å². The van der Waals surface area contributed by atoms with Gasteiger partial charge in [-0.1, -0.05) is 161 Å². The molecule has 14 rings (SSSR count). The van der Waals surface area contributed by atoms with Gasteiger partial charge in [-0.2, -0.15) is 0 Å². The van der Waals surface area contributed by atoms with Crippen LogP contribution in [0.5, 0.6) is 0 Å². The van der Waals surface area contributed by atoms with E-state index in [0.29, 0.717) is 0 Å². The predicted molar refractivity (Wildman–Crippen MR) is 288 cm³/mol. The standard InChI is InChI=1S/C66H50N2/c1-39-40(2)67(44-30-33-61-53(36-44)49-22-14-17-27-60(49)68(61)43-18-8-7-9-19-43)62-38-55-54(37-52(39)62)63(41-28-31-47-45-20-12-15-25-56(45)65(3,4)58(47)34-41)50-23-10-11-24-51(50)64(55)42-29-32-48-46-21-13-16-26-57(46)66(5,6)59(48)35-42/h7-38H,1-6H3. The summed E-state index contributed by atoms with van der Waals surface area (Å²) < 4.78 is 4.93. The van der Waals surface area contributed by atoms with E-state index in [1.165, 1.54) is 144 Å². The maximum atomic E-state index is 2.54. The van der Waals surface area contributed by atoms with Crippen LogP contribution in [0.1, 0.15) is 61.2 Å². The molecule has 0 N–H and O–H groups in total. The first-order valence-electron chi connectivity index (χ1n) is 24.2. The van der Waals surface area contributed by atoms with E-state index >= 15 is 0 Å². The number of benzene rings is 10. The molecule has 0 radical (unpaired) electrons. The zero-order valence-corrected chi connectivity index (χ0v) is 39.4. The van der Waals surface area contributed by atoms with Crippen LogP contribution >= 0.6 is 0 Å². The van der Waals surface area contributed by atoms with E-state index in [4.69, 9.17) is 0 Å². The Balaban J connectivity index is 1.07. The molecule has 2 nitrogen and oxygen atoms in total. The van der Waals surface area contributed by atoms with Crippen LogP contribution in [-0.4, -0.2) is 9.13 Å². The molecule has 0 saturated carbocycles. The molecule has 0 saturated heterocycles. The zero-order chi connectivity index (χ0) is 45.8. The Hall–Kier alpha value is -7.94. The molecule has 10 aromatic carbocycles. The minimum absolute atomic E-state index is 0.116. The number of hydrogen-bond donors (Lipinski definition) is 0. The van der Waals surface area contributed by atoms with E-state index < -0.39 is 0 Å². The number of rotatable bonds is 4. The van der Waals surface area contributed by atoms with Crippen molar-refractivity contribution < 1.29 is 0 Å². The molecule has 0 bridgehead atoms. The van der Waals surface area contributed by atoms with Gasteiger partial charge in [-0.25, -0.2) is 0 Å². The number of nitrogens with zero attached hydrogens (tertiary/aromatic N) is 2. The Labute approximate surface area is 397 Å². The van der Waals surface area contributed by atoms with Crippen molar-refractivity contribution in [1.29, 1.82) is 0 Å². The average molecular weight is 871 g/mol. The van der Waals surface area contributed by atoms with E-state index in [-0.39, 0.29) is 10.8 Å². The van der Waals surface area contributed by atoms with Gasteiger partial charge >= 0.3 is 0 Å². The van der Waals surface area contributed by atoms with Crippen LogP contribution in [0, 0.1) is 13.8 Å². The van der Waals surface area contributed by atoms with Crippen molar-refractivity contribution in [1.82, 2.24) is 9.13 Å². The summed E-state index contributed by atoms with van der Waals surface area (Å²) in [5.41, 5.74) is 24.3. The maximum absolute atomic E-state index is 2.54. The van der Waals surface area contributed by atoms with Crippen LogP contribution < -0.4 is 0 Å². The van der Waals surface area contributed by atoms with Crippen LogP contribution in [0.3, 0.4) is 0 Å². The van der Waals surface area contributed by atoms with Crippen molar-refractivity contribution in [2.45, 2.75) is 52.4 Å². The van der Waals surface area contributed by atoms with Crippen LogP contribution in [0.4, 0.5) is 0 Å². The van der Waals surface area contributed by atoms with Crippen molar-refractivity contribution in [2.24, 2.45) is 0 Å². The monoisotopic (exact) mass is 870 g/mol. The third-order valence-electron chi connectivity index (χ3n) is 16.3. The fraction of sp³-hybridized carbons (Fsp3) is 0.121. The van der Waals surface area contributed by atoms with Gasteiger partial charge in [0.25, 0.3) is 0 Å². The molecule has 324 valence electrons. The third-order valence-corrected chi connectivity index (χ3v) is 16.3. The molecule has 2 heterocycles. The zero-order valence-electron chi connectivity index (χ0n) is 39.4. The first kappa shape index (κ1) is 39.2. The van der Waals surface area contributed by atoms with Crippen LogP contribution in [0.25, 0.3) is 110 Å². The lowest BCUT2D eigenvalue weighted by molar-refractivity contribution is 0.660. The van der Waals surface area contributed by atoms with Crippen molar-refractivity contribution in [3.63, 3.8) is 0 Å². The molecule has 0 fully saturated rings. The lowest BCUT2D eigenvalue weighted by Gasteiger charge is -2.24. The van der Waals surface area contributed by atoms with E-state index in [1.54, 1.807) is 0 Å². The van der Waals surface area contributed by atoms with Gasteiger partial charge in [0.05, 0.1) is 16.6 Å². The lowest BCUT2D eigenvalue weighted by Crippen LogP contribution is -2.15. The summed E-state index contributed by atoms with van der Waals surface area (Å²) in [4.78, 5) is 0.